The molecule has 0 saturated heterocycles. The first-order chi connectivity index (χ1) is 7.25. The van der Waals surface area contributed by atoms with E-state index in [0.29, 0.717) is 18.4 Å². The summed E-state index contributed by atoms with van der Waals surface area (Å²) >= 11 is 3.46. The molecular formula is C10H12BrN3O. The zero-order chi connectivity index (χ0) is 10.4. The fourth-order valence-electron chi connectivity index (χ4n) is 1.99. The van der Waals surface area contributed by atoms with E-state index >= 15 is 0 Å². The zero-order valence-electron chi connectivity index (χ0n) is 8.32. The van der Waals surface area contributed by atoms with Gasteiger partial charge in [0.1, 0.15) is 0 Å². The van der Waals surface area contributed by atoms with E-state index in [2.05, 4.69) is 21.0 Å². The third-order valence-corrected chi connectivity index (χ3v) is 3.72. The van der Waals surface area contributed by atoms with Crippen molar-refractivity contribution in [3.05, 3.63) is 16.4 Å². The number of nitrogens with zero attached hydrogens (tertiary/aromatic N) is 3. The van der Waals surface area contributed by atoms with Crippen LogP contribution < -0.4 is 0 Å². The number of fused-ring (bicyclic) bond motifs is 1. The summed E-state index contributed by atoms with van der Waals surface area (Å²) in [5.41, 5.74) is 1.12. The molecule has 1 amide bonds. The lowest BCUT2D eigenvalue weighted by atomic mass is 10.2. The molecule has 3 rings (SSSR count). The lowest BCUT2D eigenvalue weighted by molar-refractivity contribution is -0.134. The van der Waals surface area contributed by atoms with Crippen LogP contribution in [0.4, 0.5) is 0 Å². The van der Waals surface area contributed by atoms with Crippen LogP contribution >= 0.6 is 15.9 Å². The van der Waals surface area contributed by atoms with Gasteiger partial charge in [0.2, 0.25) is 5.91 Å². The monoisotopic (exact) mass is 269 g/mol. The van der Waals surface area contributed by atoms with E-state index in [1.54, 1.807) is 6.20 Å². The smallest absolute Gasteiger partial charge is 0.226 e. The highest BCUT2D eigenvalue weighted by Gasteiger charge is 2.35. The first-order valence-electron chi connectivity index (χ1n) is 5.24. The average molecular weight is 270 g/mol. The van der Waals surface area contributed by atoms with Gasteiger partial charge in [-0.05, 0) is 28.8 Å². The molecule has 0 unspecified atom stereocenters. The molecule has 1 aromatic heterocycles. The summed E-state index contributed by atoms with van der Waals surface area (Å²) in [7, 11) is 0. The van der Waals surface area contributed by atoms with Gasteiger partial charge in [0.25, 0.3) is 0 Å². The van der Waals surface area contributed by atoms with Crippen LogP contribution in [-0.2, 0) is 17.9 Å². The van der Waals surface area contributed by atoms with Crippen LogP contribution in [0.25, 0.3) is 0 Å². The summed E-state index contributed by atoms with van der Waals surface area (Å²) in [5.74, 6) is 0.646. The average Bonchev–Trinajstić information content (AvgIpc) is 3.04. The van der Waals surface area contributed by atoms with E-state index in [4.69, 9.17) is 0 Å². The maximum Gasteiger partial charge on any atom is 0.226 e. The van der Waals surface area contributed by atoms with Gasteiger partial charge in [-0.1, -0.05) is 0 Å². The van der Waals surface area contributed by atoms with Crippen molar-refractivity contribution in [2.45, 2.75) is 25.9 Å². The van der Waals surface area contributed by atoms with Crippen LogP contribution in [0.2, 0.25) is 0 Å². The van der Waals surface area contributed by atoms with Gasteiger partial charge in [0, 0.05) is 12.5 Å². The van der Waals surface area contributed by atoms with Crippen molar-refractivity contribution in [2.75, 3.05) is 6.54 Å². The van der Waals surface area contributed by atoms with Gasteiger partial charge in [-0.25, -0.2) is 0 Å². The number of aromatic nitrogens is 2. The molecule has 0 aromatic carbocycles. The quantitative estimate of drug-likeness (QED) is 0.773. The molecule has 80 valence electrons. The van der Waals surface area contributed by atoms with Crippen molar-refractivity contribution < 1.29 is 4.79 Å². The Balaban J connectivity index is 1.81. The topological polar surface area (TPSA) is 38.1 Å². The number of hydrogen-bond donors (Lipinski definition) is 0. The van der Waals surface area contributed by atoms with Gasteiger partial charge in [0.15, 0.2) is 0 Å². The highest BCUT2D eigenvalue weighted by molar-refractivity contribution is 9.10. The largest absolute Gasteiger partial charge is 0.335 e. The summed E-state index contributed by atoms with van der Waals surface area (Å²) in [5, 5.41) is 4.24. The predicted octanol–water partition coefficient (Wildman–Crippen LogP) is 1.40. The Kier molecular flexibility index (Phi) is 2.09. The Hall–Kier alpha value is -0.840. The van der Waals surface area contributed by atoms with Gasteiger partial charge in [-0.15, -0.1) is 0 Å². The van der Waals surface area contributed by atoms with Gasteiger partial charge in [-0.2, -0.15) is 5.10 Å². The van der Waals surface area contributed by atoms with E-state index in [9.17, 15) is 4.79 Å². The normalized spacial score (nSPS) is 20.2. The van der Waals surface area contributed by atoms with Gasteiger partial charge >= 0.3 is 0 Å². The van der Waals surface area contributed by atoms with Crippen molar-refractivity contribution in [3.8, 4) is 0 Å². The van der Waals surface area contributed by atoms with Crippen molar-refractivity contribution in [1.82, 2.24) is 14.7 Å². The van der Waals surface area contributed by atoms with Crippen LogP contribution in [-0.4, -0.2) is 27.1 Å². The number of rotatable bonds is 1. The minimum absolute atomic E-state index is 0.318. The van der Waals surface area contributed by atoms with Crippen LogP contribution in [0, 0.1) is 5.92 Å². The Morgan fingerprint density at radius 1 is 1.47 bits per heavy atom. The second-order valence-corrected chi connectivity index (χ2v) is 5.05. The number of carbonyl (C=O) groups is 1. The summed E-state index contributed by atoms with van der Waals surface area (Å²) in [6.45, 7) is 2.33. The fourth-order valence-corrected chi connectivity index (χ4v) is 2.41. The maximum atomic E-state index is 11.9. The summed E-state index contributed by atoms with van der Waals surface area (Å²) < 4.78 is 2.98. The van der Waals surface area contributed by atoms with E-state index in [0.717, 1.165) is 36.1 Å². The Morgan fingerprint density at radius 2 is 2.27 bits per heavy atom. The Bertz CT molecular complexity index is 411. The van der Waals surface area contributed by atoms with Crippen molar-refractivity contribution >= 4 is 21.8 Å². The first kappa shape index (κ1) is 9.39. The van der Waals surface area contributed by atoms with Gasteiger partial charge in [0.05, 0.1) is 29.5 Å². The lowest BCUT2D eigenvalue weighted by Gasteiger charge is -2.28. The molecular weight excluding hydrogens is 258 g/mol. The molecule has 0 spiro atoms. The fraction of sp³-hybridized carbons (Fsp3) is 0.600. The predicted molar refractivity (Wildman–Crippen MR) is 58.1 cm³/mol. The molecule has 0 atom stereocenters. The second-order valence-electron chi connectivity index (χ2n) is 4.20. The standard InChI is InChI=1S/C10H12BrN3O/c11-8-5-12-14-4-3-13(6-9(8)14)10(15)7-1-2-7/h5,7H,1-4,6H2. The Morgan fingerprint density at radius 3 is 3.00 bits per heavy atom. The van der Waals surface area contributed by atoms with Crippen LogP contribution in [0.5, 0.6) is 0 Å². The summed E-state index contributed by atoms with van der Waals surface area (Å²) in [6.07, 6.45) is 3.96. The summed E-state index contributed by atoms with van der Waals surface area (Å²) in [4.78, 5) is 13.8. The van der Waals surface area contributed by atoms with Crippen molar-refractivity contribution in [2.24, 2.45) is 5.92 Å². The Labute approximate surface area is 96.4 Å². The molecule has 1 aliphatic carbocycles. The van der Waals surface area contributed by atoms with E-state index in [1.165, 1.54) is 0 Å². The van der Waals surface area contributed by atoms with Crippen LogP contribution in [0.1, 0.15) is 18.5 Å². The second kappa shape index (κ2) is 3.33. The molecule has 2 aliphatic rings. The molecule has 4 nitrogen and oxygen atoms in total. The maximum absolute atomic E-state index is 11.9. The molecule has 1 fully saturated rings. The van der Waals surface area contributed by atoms with Crippen LogP contribution in [0.3, 0.4) is 0 Å². The minimum Gasteiger partial charge on any atom is -0.335 e. The molecule has 0 N–H and O–H groups in total. The molecule has 2 heterocycles. The number of halogens is 1. The molecule has 1 aromatic rings. The highest BCUT2D eigenvalue weighted by Crippen LogP contribution is 2.32. The lowest BCUT2D eigenvalue weighted by Crippen LogP contribution is -2.39. The number of amides is 1. The third kappa shape index (κ3) is 1.58. The molecule has 0 bridgehead atoms. The minimum atomic E-state index is 0.318. The van der Waals surface area contributed by atoms with Crippen molar-refractivity contribution in [3.63, 3.8) is 0 Å². The highest BCUT2D eigenvalue weighted by atomic mass is 79.9. The third-order valence-electron chi connectivity index (χ3n) is 3.06. The van der Waals surface area contributed by atoms with Gasteiger partial charge in [-0.3, -0.25) is 9.48 Å². The molecule has 0 radical (unpaired) electrons. The summed E-state index contributed by atoms with van der Waals surface area (Å²) in [6, 6.07) is 0. The van der Waals surface area contributed by atoms with Gasteiger partial charge < -0.3 is 4.90 Å². The SMILES string of the molecule is O=C(C1CC1)N1CCn2ncc(Br)c2C1. The molecule has 1 aliphatic heterocycles. The van der Waals surface area contributed by atoms with E-state index < -0.39 is 0 Å². The molecule has 5 heteroatoms. The van der Waals surface area contributed by atoms with E-state index in [1.807, 2.05) is 9.58 Å². The van der Waals surface area contributed by atoms with Crippen LogP contribution in [0.15, 0.2) is 10.7 Å². The zero-order valence-corrected chi connectivity index (χ0v) is 9.90. The first-order valence-corrected chi connectivity index (χ1v) is 6.04. The number of carbonyl (C=O) groups excluding carboxylic acids is 1. The van der Waals surface area contributed by atoms with Crippen molar-refractivity contribution in [1.29, 1.82) is 0 Å². The number of hydrogen-bond acceptors (Lipinski definition) is 2. The van der Waals surface area contributed by atoms with E-state index in [-0.39, 0.29) is 0 Å². The molecule has 15 heavy (non-hydrogen) atoms. The molecule has 1 saturated carbocycles.